The molecule has 2 atom stereocenters. The maximum absolute atomic E-state index is 5.67. The minimum absolute atomic E-state index is 0.217. The minimum Gasteiger partial charge on any atom is -0.380 e. The van der Waals surface area contributed by atoms with Crippen molar-refractivity contribution in [3.63, 3.8) is 0 Å². The molecule has 0 radical (unpaired) electrons. The van der Waals surface area contributed by atoms with Crippen molar-refractivity contribution in [2.75, 3.05) is 7.11 Å². The van der Waals surface area contributed by atoms with E-state index in [2.05, 4.69) is 61.5 Å². The monoisotopic (exact) mass is 240 g/mol. The molecule has 0 N–H and O–H groups in total. The molecule has 1 nitrogen and oxygen atoms in total. The fourth-order valence-corrected chi connectivity index (χ4v) is 2.28. The SMILES string of the molecule is COC(Cc1ccccc1)C(C)c1ccccc1. The first-order valence-electron chi connectivity index (χ1n) is 6.43. The predicted molar refractivity (Wildman–Crippen MR) is 75.8 cm³/mol. The van der Waals surface area contributed by atoms with Crippen LogP contribution in [0.15, 0.2) is 60.7 Å². The molecule has 0 aromatic heterocycles. The van der Waals surface area contributed by atoms with Gasteiger partial charge in [0.05, 0.1) is 6.10 Å². The molecule has 1 heteroatoms. The Morgan fingerprint density at radius 3 is 2.00 bits per heavy atom. The molecule has 2 aromatic carbocycles. The lowest BCUT2D eigenvalue weighted by atomic mass is 9.91. The number of rotatable bonds is 5. The van der Waals surface area contributed by atoms with E-state index in [9.17, 15) is 0 Å². The van der Waals surface area contributed by atoms with E-state index in [1.54, 1.807) is 7.11 Å². The molecule has 0 saturated carbocycles. The normalized spacial score (nSPS) is 14.1. The lowest BCUT2D eigenvalue weighted by Gasteiger charge is -2.23. The standard InChI is InChI=1S/C17H20O/c1-14(16-11-7-4-8-12-16)17(18-2)13-15-9-5-3-6-10-15/h3-12,14,17H,13H2,1-2H3. The molecule has 0 aliphatic heterocycles. The van der Waals surface area contributed by atoms with Crippen molar-refractivity contribution in [1.29, 1.82) is 0 Å². The Kier molecular flexibility index (Phi) is 4.54. The van der Waals surface area contributed by atoms with Gasteiger partial charge in [0.15, 0.2) is 0 Å². The molecule has 18 heavy (non-hydrogen) atoms. The van der Waals surface area contributed by atoms with Gasteiger partial charge in [-0.1, -0.05) is 67.6 Å². The fourth-order valence-electron chi connectivity index (χ4n) is 2.28. The molecule has 0 amide bonds. The van der Waals surface area contributed by atoms with E-state index in [0.717, 1.165) is 6.42 Å². The molecule has 0 heterocycles. The number of hydrogen-bond acceptors (Lipinski definition) is 1. The van der Waals surface area contributed by atoms with E-state index in [-0.39, 0.29) is 6.10 Å². The Morgan fingerprint density at radius 1 is 0.889 bits per heavy atom. The summed E-state index contributed by atoms with van der Waals surface area (Å²) >= 11 is 0. The van der Waals surface area contributed by atoms with Crippen molar-refractivity contribution in [1.82, 2.24) is 0 Å². The van der Waals surface area contributed by atoms with Crippen LogP contribution in [0.5, 0.6) is 0 Å². The summed E-state index contributed by atoms with van der Waals surface area (Å²) in [5.41, 5.74) is 2.66. The van der Waals surface area contributed by atoms with Crippen LogP contribution in [-0.4, -0.2) is 13.2 Å². The lowest BCUT2D eigenvalue weighted by Crippen LogP contribution is -2.21. The second-order valence-corrected chi connectivity index (χ2v) is 4.66. The summed E-state index contributed by atoms with van der Waals surface area (Å²) in [6, 6.07) is 21.1. The summed E-state index contributed by atoms with van der Waals surface area (Å²) in [5.74, 6) is 0.399. The first-order valence-corrected chi connectivity index (χ1v) is 6.43. The highest BCUT2D eigenvalue weighted by molar-refractivity contribution is 5.22. The zero-order chi connectivity index (χ0) is 12.8. The van der Waals surface area contributed by atoms with Crippen LogP contribution in [0.1, 0.15) is 24.0 Å². The van der Waals surface area contributed by atoms with Gasteiger partial charge in [-0.25, -0.2) is 0 Å². The fraction of sp³-hybridized carbons (Fsp3) is 0.294. The van der Waals surface area contributed by atoms with Crippen LogP contribution in [-0.2, 0) is 11.2 Å². The summed E-state index contributed by atoms with van der Waals surface area (Å²) in [6.45, 7) is 2.23. The molecular formula is C17H20O. The van der Waals surface area contributed by atoms with Crippen LogP contribution < -0.4 is 0 Å². The molecule has 2 aromatic rings. The zero-order valence-corrected chi connectivity index (χ0v) is 11.0. The first-order chi connectivity index (χ1) is 8.81. The van der Waals surface area contributed by atoms with E-state index in [1.807, 2.05) is 6.07 Å². The number of methoxy groups -OCH3 is 1. The molecule has 0 aliphatic carbocycles. The Balaban J connectivity index is 2.09. The van der Waals surface area contributed by atoms with Crippen molar-refractivity contribution in [2.24, 2.45) is 0 Å². The molecule has 94 valence electrons. The van der Waals surface area contributed by atoms with Crippen molar-refractivity contribution < 1.29 is 4.74 Å². The maximum Gasteiger partial charge on any atom is 0.0677 e. The summed E-state index contributed by atoms with van der Waals surface area (Å²) in [7, 11) is 1.80. The van der Waals surface area contributed by atoms with E-state index in [1.165, 1.54) is 11.1 Å². The van der Waals surface area contributed by atoms with Crippen LogP contribution in [0.4, 0.5) is 0 Å². The summed E-state index contributed by atoms with van der Waals surface area (Å²) in [5, 5.41) is 0. The van der Waals surface area contributed by atoms with Crippen LogP contribution in [0, 0.1) is 0 Å². The average Bonchev–Trinajstić information content (AvgIpc) is 2.46. The van der Waals surface area contributed by atoms with Crippen LogP contribution in [0.25, 0.3) is 0 Å². The Hall–Kier alpha value is -1.60. The van der Waals surface area contributed by atoms with Crippen molar-refractivity contribution >= 4 is 0 Å². The van der Waals surface area contributed by atoms with E-state index in [0.29, 0.717) is 5.92 Å². The van der Waals surface area contributed by atoms with Crippen LogP contribution >= 0.6 is 0 Å². The van der Waals surface area contributed by atoms with Gasteiger partial charge in [0.1, 0.15) is 0 Å². The second-order valence-electron chi connectivity index (χ2n) is 4.66. The van der Waals surface area contributed by atoms with Gasteiger partial charge < -0.3 is 4.74 Å². The Bertz CT molecular complexity index is 450. The minimum atomic E-state index is 0.217. The highest BCUT2D eigenvalue weighted by atomic mass is 16.5. The zero-order valence-electron chi connectivity index (χ0n) is 11.0. The van der Waals surface area contributed by atoms with Gasteiger partial charge >= 0.3 is 0 Å². The molecule has 0 fully saturated rings. The lowest BCUT2D eigenvalue weighted by molar-refractivity contribution is 0.0838. The highest BCUT2D eigenvalue weighted by Gasteiger charge is 2.18. The third-order valence-electron chi connectivity index (χ3n) is 3.47. The molecule has 0 saturated heterocycles. The average molecular weight is 240 g/mol. The van der Waals surface area contributed by atoms with Gasteiger partial charge in [0.25, 0.3) is 0 Å². The van der Waals surface area contributed by atoms with Gasteiger partial charge in [-0.15, -0.1) is 0 Å². The summed E-state index contributed by atoms with van der Waals surface area (Å²) < 4.78 is 5.67. The van der Waals surface area contributed by atoms with Gasteiger partial charge in [0.2, 0.25) is 0 Å². The number of hydrogen-bond donors (Lipinski definition) is 0. The Morgan fingerprint density at radius 2 is 1.44 bits per heavy atom. The molecule has 2 unspecified atom stereocenters. The smallest absolute Gasteiger partial charge is 0.0677 e. The Labute approximate surface area is 109 Å². The van der Waals surface area contributed by atoms with Crippen molar-refractivity contribution in [3.05, 3.63) is 71.8 Å². The van der Waals surface area contributed by atoms with Gasteiger partial charge in [-0.05, 0) is 17.5 Å². The van der Waals surface area contributed by atoms with E-state index in [4.69, 9.17) is 4.74 Å². The summed E-state index contributed by atoms with van der Waals surface area (Å²) in [4.78, 5) is 0. The largest absolute Gasteiger partial charge is 0.380 e. The van der Waals surface area contributed by atoms with Crippen molar-refractivity contribution in [3.8, 4) is 0 Å². The number of ether oxygens (including phenoxy) is 1. The second kappa shape index (κ2) is 6.36. The third kappa shape index (κ3) is 3.21. The van der Waals surface area contributed by atoms with E-state index < -0.39 is 0 Å². The third-order valence-corrected chi connectivity index (χ3v) is 3.47. The van der Waals surface area contributed by atoms with Gasteiger partial charge in [-0.2, -0.15) is 0 Å². The molecular weight excluding hydrogens is 220 g/mol. The topological polar surface area (TPSA) is 9.23 Å². The maximum atomic E-state index is 5.67. The molecule has 0 spiro atoms. The molecule has 0 bridgehead atoms. The summed E-state index contributed by atoms with van der Waals surface area (Å²) in [6.07, 6.45) is 1.17. The van der Waals surface area contributed by atoms with E-state index >= 15 is 0 Å². The molecule has 2 rings (SSSR count). The van der Waals surface area contributed by atoms with Crippen LogP contribution in [0.2, 0.25) is 0 Å². The quantitative estimate of drug-likeness (QED) is 0.766. The first kappa shape index (κ1) is 12.8. The van der Waals surface area contributed by atoms with Crippen LogP contribution in [0.3, 0.4) is 0 Å². The van der Waals surface area contributed by atoms with Gasteiger partial charge in [0, 0.05) is 13.0 Å². The predicted octanol–water partition coefficient (Wildman–Crippen LogP) is 4.05. The van der Waals surface area contributed by atoms with Crippen molar-refractivity contribution in [2.45, 2.75) is 25.4 Å². The molecule has 0 aliphatic rings. The highest BCUT2D eigenvalue weighted by Crippen LogP contribution is 2.23. The van der Waals surface area contributed by atoms with Gasteiger partial charge in [-0.3, -0.25) is 0 Å². The number of benzene rings is 2.